The van der Waals surface area contributed by atoms with E-state index in [0.29, 0.717) is 19.8 Å². The first-order valence-electron chi connectivity index (χ1n) is 5.52. The Morgan fingerprint density at radius 1 is 1.29 bits per heavy atom. The number of halogens is 1. The van der Waals surface area contributed by atoms with Crippen LogP contribution in [-0.2, 0) is 11.3 Å². The fourth-order valence-electron chi connectivity index (χ4n) is 1.35. The molecule has 0 saturated carbocycles. The first-order chi connectivity index (χ1) is 8.27. The van der Waals surface area contributed by atoms with Crippen molar-refractivity contribution < 1.29 is 14.6 Å². The lowest BCUT2D eigenvalue weighted by Gasteiger charge is -2.09. The zero-order valence-corrected chi connectivity index (χ0v) is 11.5. The summed E-state index contributed by atoms with van der Waals surface area (Å²) in [7, 11) is 1.91. The van der Waals surface area contributed by atoms with Crippen molar-refractivity contribution in [2.75, 3.05) is 33.5 Å². The van der Waals surface area contributed by atoms with E-state index in [0.717, 1.165) is 22.3 Å². The van der Waals surface area contributed by atoms with Gasteiger partial charge in [0.05, 0.1) is 19.8 Å². The molecule has 0 radical (unpaired) electrons. The summed E-state index contributed by atoms with van der Waals surface area (Å²) < 4.78 is 11.7. The number of benzene rings is 1. The summed E-state index contributed by atoms with van der Waals surface area (Å²) in [5.74, 6) is 0.825. The molecule has 2 N–H and O–H groups in total. The highest BCUT2D eigenvalue weighted by atomic mass is 79.9. The molecule has 0 heterocycles. The first-order valence-corrected chi connectivity index (χ1v) is 6.31. The molecule has 0 aliphatic heterocycles. The van der Waals surface area contributed by atoms with E-state index in [4.69, 9.17) is 14.6 Å². The van der Waals surface area contributed by atoms with Crippen LogP contribution < -0.4 is 10.1 Å². The molecule has 0 aromatic heterocycles. The lowest BCUT2D eigenvalue weighted by Crippen LogP contribution is -2.10. The Morgan fingerprint density at radius 3 is 2.82 bits per heavy atom. The summed E-state index contributed by atoms with van der Waals surface area (Å²) in [6, 6.07) is 5.87. The molecule has 0 spiro atoms. The summed E-state index contributed by atoms with van der Waals surface area (Å²) >= 11 is 3.49. The van der Waals surface area contributed by atoms with E-state index < -0.39 is 0 Å². The Hall–Kier alpha value is -0.620. The van der Waals surface area contributed by atoms with Crippen LogP contribution in [0.3, 0.4) is 0 Å². The van der Waals surface area contributed by atoms with Crippen LogP contribution in [0.4, 0.5) is 0 Å². The van der Waals surface area contributed by atoms with Gasteiger partial charge in [-0.25, -0.2) is 0 Å². The molecule has 1 aromatic carbocycles. The molecule has 96 valence electrons. The highest BCUT2D eigenvalue weighted by Gasteiger charge is 2.01. The third kappa shape index (κ3) is 5.50. The number of rotatable bonds is 8. The third-order valence-electron chi connectivity index (χ3n) is 2.12. The predicted octanol–water partition coefficient (Wildman–Crippen LogP) is 1.56. The number of nitrogens with one attached hydrogen (secondary N) is 1. The van der Waals surface area contributed by atoms with Crippen LogP contribution in [0.15, 0.2) is 22.7 Å². The Kier molecular flexibility index (Phi) is 7.19. The molecule has 0 aliphatic carbocycles. The Labute approximate surface area is 110 Å². The summed E-state index contributed by atoms with van der Waals surface area (Å²) in [4.78, 5) is 0. The number of ether oxygens (including phenoxy) is 2. The van der Waals surface area contributed by atoms with Gasteiger partial charge in [-0.1, -0.05) is 15.9 Å². The van der Waals surface area contributed by atoms with Gasteiger partial charge in [0.25, 0.3) is 0 Å². The minimum absolute atomic E-state index is 0.0462. The second kappa shape index (κ2) is 8.47. The van der Waals surface area contributed by atoms with Gasteiger partial charge in [-0.15, -0.1) is 0 Å². The van der Waals surface area contributed by atoms with Gasteiger partial charge in [-0.3, -0.25) is 0 Å². The molecular weight excluding hydrogens is 286 g/mol. The molecule has 0 atom stereocenters. The summed E-state index contributed by atoms with van der Waals surface area (Å²) in [5, 5.41) is 11.6. The number of hydrogen-bond donors (Lipinski definition) is 2. The zero-order chi connectivity index (χ0) is 12.5. The molecule has 0 amide bonds. The first kappa shape index (κ1) is 14.4. The van der Waals surface area contributed by atoms with Crippen LogP contribution in [0.5, 0.6) is 5.75 Å². The molecule has 0 unspecified atom stereocenters. The average Bonchev–Trinajstić information content (AvgIpc) is 2.33. The number of aliphatic hydroxyl groups is 1. The van der Waals surface area contributed by atoms with Crippen LogP contribution in [-0.4, -0.2) is 38.6 Å². The van der Waals surface area contributed by atoms with E-state index in [9.17, 15) is 0 Å². The third-order valence-corrected chi connectivity index (χ3v) is 2.89. The summed E-state index contributed by atoms with van der Waals surface area (Å²) in [5.41, 5.74) is 1.15. The van der Waals surface area contributed by atoms with E-state index in [2.05, 4.69) is 21.2 Å². The molecule has 0 aliphatic rings. The molecule has 0 saturated heterocycles. The second-order valence-electron chi connectivity index (χ2n) is 3.47. The van der Waals surface area contributed by atoms with Gasteiger partial charge >= 0.3 is 0 Å². The van der Waals surface area contributed by atoms with Crippen molar-refractivity contribution in [3.63, 3.8) is 0 Å². The fraction of sp³-hybridized carbons (Fsp3) is 0.500. The van der Waals surface area contributed by atoms with E-state index in [1.807, 2.05) is 25.2 Å². The minimum atomic E-state index is 0.0462. The van der Waals surface area contributed by atoms with Crippen molar-refractivity contribution in [3.05, 3.63) is 28.2 Å². The van der Waals surface area contributed by atoms with Gasteiger partial charge in [-0.05, 0) is 30.8 Å². The van der Waals surface area contributed by atoms with Crippen molar-refractivity contribution in [2.24, 2.45) is 0 Å². The number of hydrogen-bond acceptors (Lipinski definition) is 4. The van der Waals surface area contributed by atoms with Gasteiger partial charge in [-0.2, -0.15) is 0 Å². The lowest BCUT2D eigenvalue weighted by molar-refractivity contribution is 0.0705. The second-order valence-corrected chi connectivity index (χ2v) is 4.32. The molecule has 4 nitrogen and oxygen atoms in total. The normalized spacial score (nSPS) is 10.5. The maximum Gasteiger partial charge on any atom is 0.119 e. The van der Waals surface area contributed by atoms with Gasteiger partial charge < -0.3 is 19.9 Å². The Bertz CT molecular complexity index is 334. The van der Waals surface area contributed by atoms with Crippen molar-refractivity contribution in [3.8, 4) is 5.75 Å². The van der Waals surface area contributed by atoms with Gasteiger partial charge in [0.1, 0.15) is 12.4 Å². The van der Waals surface area contributed by atoms with Gasteiger partial charge in [0.15, 0.2) is 0 Å². The predicted molar refractivity (Wildman–Crippen MR) is 70.3 cm³/mol. The molecule has 1 aromatic rings. The van der Waals surface area contributed by atoms with Crippen molar-refractivity contribution in [1.82, 2.24) is 5.32 Å². The molecule has 5 heteroatoms. The maximum absolute atomic E-state index is 8.53. The molecule has 0 fully saturated rings. The lowest BCUT2D eigenvalue weighted by atomic mass is 10.2. The van der Waals surface area contributed by atoms with Crippen LogP contribution in [0.2, 0.25) is 0 Å². The zero-order valence-electron chi connectivity index (χ0n) is 9.91. The molecule has 17 heavy (non-hydrogen) atoms. The van der Waals surface area contributed by atoms with E-state index in [1.54, 1.807) is 0 Å². The van der Waals surface area contributed by atoms with E-state index >= 15 is 0 Å². The van der Waals surface area contributed by atoms with Crippen molar-refractivity contribution in [1.29, 1.82) is 0 Å². The standard InChI is InChI=1S/C12H18BrNO3/c1-14-9-10-8-11(2-3-12(10)13)17-7-6-16-5-4-15/h2-3,8,14-15H,4-7,9H2,1H3. The smallest absolute Gasteiger partial charge is 0.119 e. The number of aliphatic hydroxyl groups excluding tert-OH is 1. The van der Waals surface area contributed by atoms with Crippen LogP contribution in [0, 0.1) is 0 Å². The molecular formula is C12H18BrNO3. The molecule has 0 bridgehead atoms. The maximum atomic E-state index is 8.53. The Balaban J connectivity index is 2.40. The van der Waals surface area contributed by atoms with Crippen molar-refractivity contribution >= 4 is 15.9 Å². The monoisotopic (exact) mass is 303 g/mol. The Morgan fingerprint density at radius 2 is 2.12 bits per heavy atom. The van der Waals surface area contributed by atoms with Crippen LogP contribution in [0.25, 0.3) is 0 Å². The summed E-state index contributed by atoms with van der Waals surface area (Å²) in [6.07, 6.45) is 0. The highest BCUT2D eigenvalue weighted by molar-refractivity contribution is 9.10. The quantitative estimate of drug-likeness (QED) is 0.716. The largest absolute Gasteiger partial charge is 0.491 e. The summed E-state index contributed by atoms with van der Waals surface area (Å²) in [6.45, 7) is 2.16. The van der Waals surface area contributed by atoms with E-state index in [1.165, 1.54) is 0 Å². The molecule has 1 rings (SSSR count). The van der Waals surface area contributed by atoms with Crippen LogP contribution in [0.1, 0.15) is 5.56 Å². The fourth-order valence-corrected chi connectivity index (χ4v) is 1.74. The van der Waals surface area contributed by atoms with E-state index in [-0.39, 0.29) is 6.61 Å². The van der Waals surface area contributed by atoms with Crippen LogP contribution >= 0.6 is 15.9 Å². The minimum Gasteiger partial charge on any atom is -0.491 e. The van der Waals surface area contributed by atoms with Gasteiger partial charge in [0.2, 0.25) is 0 Å². The highest BCUT2D eigenvalue weighted by Crippen LogP contribution is 2.22. The topological polar surface area (TPSA) is 50.7 Å². The van der Waals surface area contributed by atoms with Crippen molar-refractivity contribution in [2.45, 2.75) is 6.54 Å². The van der Waals surface area contributed by atoms with Gasteiger partial charge in [0, 0.05) is 11.0 Å². The average molecular weight is 304 g/mol. The SMILES string of the molecule is CNCc1cc(OCCOCCO)ccc1Br.